The van der Waals surface area contributed by atoms with Gasteiger partial charge in [-0.25, -0.2) is 4.79 Å². The molecule has 1 rings (SSSR count). The Morgan fingerprint density at radius 2 is 1.80 bits per heavy atom. The van der Waals surface area contributed by atoms with Crippen molar-refractivity contribution >= 4 is 17.7 Å². The number of carbonyl (C=O) groups excluding carboxylic acids is 1. The molecule has 20 heavy (non-hydrogen) atoms. The molecule has 0 bridgehead atoms. The van der Waals surface area contributed by atoms with Gasteiger partial charge in [0.15, 0.2) is 0 Å². The van der Waals surface area contributed by atoms with Crippen molar-refractivity contribution in [2.45, 2.75) is 6.92 Å². The number of nitrogens with one attached hydrogen (secondary N) is 1. The van der Waals surface area contributed by atoms with E-state index in [4.69, 9.17) is 25.8 Å². The quantitative estimate of drug-likeness (QED) is 0.750. The van der Waals surface area contributed by atoms with Gasteiger partial charge < -0.3 is 19.5 Å². The summed E-state index contributed by atoms with van der Waals surface area (Å²) in [6.45, 7) is 6.64. The van der Waals surface area contributed by atoms with Crippen LogP contribution in [0.4, 0.5) is 4.79 Å². The minimum Gasteiger partial charge on any atom is -0.490 e. The third-order valence-corrected chi connectivity index (χ3v) is 2.23. The van der Waals surface area contributed by atoms with E-state index in [1.54, 1.807) is 24.3 Å². The maximum Gasteiger partial charge on any atom is 0.407 e. The minimum absolute atomic E-state index is 0.191. The summed E-state index contributed by atoms with van der Waals surface area (Å²) in [7, 11) is 0. The Balaban J connectivity index is 2.24. The van der Waals surface area contributed by atoms with Crippen LogP contribution in [0.25, 0.3) is 0 Å². The summed E-state index contributed by atoms with van der Waals surface area (Å²) in [5, 5.41) is 2.96. The molecule has 110 valence electrons. The minimum atomic E-state index is -0.443. The first kappa shape index (κ1) is 16.2. The molecule has 1 amide bonds. The van der Waals surface area contributed by atoms with Gasteiger partial charge in [0, 0.05) is 11.6 Å². The average Bonchev–Trinajstić information content (AvgIpc) is 2.43. The molecule has 0 aliphatic heterocycles. The fourth-order valence-corrected chi connectivity index (χ4v) is 1.34. The Hall–Kier alpha value is -1.88. The van der Waals surface area contributed by atoms with E-state index in [-0.39, 0.29) is 19.8 Å². The van der Waals surface area contributed by atoms with E-state index < -0.39 is 6.09 Å². The van der Waals surface area contributed by atoms with Crippen molar-refractivity contribution in [1.29, 1.82) is 0 Å². The molecule has 0 aliphatic rings. The van der Waals surface area contributed by atoms with E-state index in [2.05, 4.69) is 11.9 Å². The van der Waals surface area contributed by atoms with Crippen LogP contribution >= 0.6 is 11.6 Å². The van der Waals surface area contributed by atoms with Gasteiger partial charge in [0.05, 0.1) is 0 Å². The molecule has 1 aromatic rings. The molecule has 0 spiro atoms. The van der Waals surface area contributed by atoms with Gasteiger partial charge in [-0.05, 0) is 31.2 Å². The van der Waals surface area contributed by atoms with Crippen molar-refractivity contribution < 1.29 is 19.0 Å². The summed E-state index contributed by atoms with van der Waals surface area (Å²) in [6, 6.07) is 7.05. The molecule has 6 heteroatoms. The predicted molar refractivity (Wildman–Crippen MR) is 77.4 cm³/mol. The van der Waals surface area contributed by atoms with E-state index in [9.17, 15) is 4.79 Å². The zero-order valence-corrected chi connectivity index (χ0v) is 12.1. The van der Waals surface area contributed by atoms with Crippen molar-refractivity contribution in [3.63, 3.8) is 0 Å². The molecular formula is C14H18ClNO4. The van der Waals surface area contributed by atoms with E-state index in [0.717, 1.165) is 0 Å². The maximum absolute atomic E-state index is 11.0. The number of ether oxygens (including phenoxy) is 3. The first-order valence-corrected chi connectivity index (χ1v) is 6.59. The summed E-state index contributed by atoms with van der Waals surface area (Å²) in [5.74, 6) is 1.35. The molecule has 0 fully saturated rings. The number of carbonyl (C=O) groups is 1. The number of hydrogen-bond donors (Lipinski definition) is 1. The van der Waals surface area contributed by atoms with E-state index in [1.807, 2.05) is 6.92 Å². The zero-order chi connectivity index (χ0) is 14.8. The highest BCUT2D eigenvalue weighted by Crippen LogP contribution is 2.18. The summed E-state index contributed by atoms with van der Waals surface area (Å²) in [5.41, 5.74) is 0. The van der Waals surface area contributed by atoms with Crippen LogP contribution in [0.5, 0.6) is 11.5 Å². The fraction of sp³-hybridized carbons (Fsp3) is 0.357. The molecule has 1 N–H and O–H groups in total. The van der Waals surface area contributed by atoms with Crippen LogP contribution in [0.1, 0.15) is 6.92 Å². The number of hydrogen-bond acceptors (Lipinski definition) is 4. The second-order valence-electron chi connectivity index (χ2n) is 3.79. The van der Waals surface area contributed by atoms with Gasteiger partial charge in [0.25, 0.3) is 0 Å². The molecule has 0 aliphatic carbocycles. The smallest absolute Gasteiger partial charge is 0.407 e. The highest BCUT2D eigenvalue weighted by Gasteiger charge is 2.00. The van der Waals surface area contributed by atoms with Gasteiger partial charge in [0.1, 0.15) is 31.3 Å². The Bertz CT molecular complexity index is 433. The normalized spacial score (nSPS) is 9.70. The van der Waals surface area contributed by atoms with Crippen LogP contribution in [0.15, 0.2) is 35.9 Å². The first-order chi connectivity index (χ1) is 9.61. The summed E-state index contributed by atoms with van der Waals surface area (Å²) in [4.78, 5) is 11.0. The lowest BCUT2D eigenvalue weighted by Crippen LogP contribution is -2.25. The Kier molecular flexibility index (Phi) is 7.35. The van der Waals surface area contributed by atoms with Crippen molar-refractivity contribution in [1.82, 2.24) is 5.32 Å². The standard InChI is InChI=1S/C14H18ClNO4/c1-3-16-14(17)19-9-8-18-12-4-6-13(7-5-12)20-10-11(2)15/h4-7H,2-3,8-10H2,1H3,(H,16,17). The SMILES string of the molecule is C=C(Cl)COc1ccc(OCCOC(=O)NCC)cc1. The average molecular weight is 300 g/mol. The number of rotatable bonds is 8. The van der Waals surface area contributed by atoms with E-state index >= 15 is 0 Å². The lowest BCUT2D eigenvalue weighted by atomic mass is 10.3. The molecule has 0 saturated carbocycles. The van der Waals surface area contributed by atoms with Crippen LogP contribution in [0, 0.1) is 0 Å². The third kappa shape index (κ3) is 6.89. The summed E-state index contributed by atoms with van der Waals surface area (Å²) in [6.07, 6.45) is -0.443. The Labute approximate surface area is 123 Å². The highest BCUT2D eigenvalue weighted by molar-refractivity contribution is 6.29. The lowest BCUT2D eigenvalue weighted by molar-refractivity contribution is 0.125. The van der Waals surface area contributed by atoms with Gasteiger partial charge in [-0.1, -0.05) is 18.2 Å². The third-order valence-electron chi connectivity index (χ3n) is 2.13. The first-order valence-electron chi connectivity index (χ1n) is 6.21. The van der Waals surface area contributed by atoms with Gasteiger partial charge in [-0.15, -0.1) is 0 Å². The largest absolute Gasteiger partial charge is 0.490 e. The van der Waals surface area contributed by atoms with Crippen LogP contribution < -0.4 is 14.8 Å². The van der Waals surface area contributed by atoms with Crippen LogP contribution in [0.3, 0.4) is 0 Å². The Morgan fingerprint density at radius 1 is 1.20 bits per heavy atom. The van der Waals surface area contributed by atoms with Crippen molar-refractivity contribution in [2.24, 2.45) is 0 Å². The number of benzene rings is 1. The van der Waals surface area contributed by atoms with Gasteiger partial charge in [-0.2, -0.15) is 0 Å². The molecular weight excluding hydrogens is 282 g/mol. The second kappa shape index (κ2) is 9.09. The van der Waals surface area contributed by atoms with E-state index in [1.165, 1.54) is 0 Å². The lowest BCUT2D eigenvalue weighted by Gasteiger charge is -2.09. The zero-order valence-electron chi connectivity index (χ0n) is 11.4. The molecule has 0 atom stereocenters. The number of alkyl carbamates (subject to hydrolysis) is 1. The molecule has 0 aromatic heterocycles. The van der Waals surface area contributed by atoms with Crippen LogP contribution in [-0.2, 0) is 4.74 Å². The molecule has 1 aromatic carbocycles. The molecule has 5 nitrogen and oxygen atoms in total. The van der Waals surface area contributed by atoms with Crippen LogP contribution in [0.2, 0.25) is 0 Å². The van der Waals surface area contributed by atoms with Crippen molar-refractivity contribution in [3.8, 4) is 11.5 Å². The van der Waals surface area contributed by atoms with Crippen molar-refractivity contribution in [3.05, 3.63) is 35.9 Å². The van der Waals surface area contributed by atoms with Gasteiger partial charge in [-0.3, -0.25) is 0 Å². The predicted octanol–water partition coefficient (Wildman–Crippen LogP) is 2.94. The van der Waals surface area contributed by atoms with E-state index in [0.29, 0.717) is 23.1 Å². The monoisotopic (exact) mass is 299 g/mol. The summed E-state index contributed by atoms with van der Waals surface area (Å²) < 4.78 is 15.6. The van der Waals surface area contributed by atoms with Gasteiger partial charge >= 0.3 is 6.09 Å². The maximum atomic E-state index is 11.0. The van der Waals surface area contributed by atoms with Crippen molar-refractivity contribution in [2.75, 3.05) is 26.4 Å². The topological polar surface area (TPSA) is 56.8 Å². The fourth-order valence-electron chi connectivity index (χ4n) is 1.28. The Morgan fingerprint density at radius 3 is 2.35 bits per heavy atom. The molecule has 0 saturated heterocycles. The summed E-state index contributed by atoms with van der Waals surface area (Å²) >= 11 is 5.60. The van der Waals surface area contributed by atoms with Gasteiger partial charge in [0.2, 0.25) is 0 Å². The second-order valence-corrected chi connectivity index (χ2v) is 4.33. The highest BCUT2D eigenvalue weighted by atomic mass is 35.5. The van der Waals surface area contributed by atoms with Crippen LogP contribution in [-0.4, -0.2) is 32.5 Å². The number of halogens is 1. The molecule has 0 heterocycles. The molecule has 0 radical (unpaired) electrons. The molecule has 0 unspecified atom stereocenters. The number of amides is 1.